The molecule has 0 aliphatic carbocycles. The fourth-order valence-corrected chi connectivity index (χ4v) is 3.17. The van der Waals surface area contributed by atoms with Gasteiger partial charge >= 0.3 is 0 Å². The number of aromatic amines is 1. The summed E-state index contributed by atoms with van der Waals surface area (Å²) in [6, 6.07) is 6.36. The van der Waals surface area contributed by atoms with Crippen molar-refractivity contribution in [3.63, 3.8) is 0 Å². The molecule has 1 fully saturated rings. The van der Waals surface area contributed by atoms with Gasteiger partial charge in [0.2, 0.25) is 0 Å². The van der Waals surface area contributed by atoms with Gasteiger partial charge in [-0.2, -0.15) is 0 Å². The first-order valence-electron chi connectivity index (χ1n) is 7.71. The molecule has 0 spiro atoms. The van der Waals surface area contributed by atoms with Crippen molar-refractivity contribution in [2.75, 3.05) is 13.1 Å². The Morgan fingerprint density at radius 3 is 2.70 bits per heavy atom. The van der Waals surface area contributed by atoms with Crippen molar-refractivity contribution in [1.29, 1.82) is 0 Å². The lowest BCUT2D eigenvalue weighted by Crippen LogP contribution is -2.33. The van der Waals surface area contributed by atoms with Crippen LogP contribution in [0.2, 0.25) is 0 Å². The highest BCUT2D eigenvalue weighted by molar-refractivity contribution is 5.85. The van der Waals surface area contributed by atoms with Crippen molar-refractivity contribution in [3.8, 4) is 0 Å². The van der Waals surface area contributed by atoms with Crippen molar-refractivity contribution in [1.82, 2.24) is 15.6 Å². The Bertz CT molecular complexity index is 709. The van der Waals surface area contributed by atoms with Crippen LogP contribution in [0.15, 0.2) is 23.0 Å². The maximum atomic E-state index is 12.3. The number of rotatable bonds is 4. The molecule has 2 heterocycles. The second-order valence-corrected chi connectivity index (χ2v) is 6.09. The van der Waals surface area contributed by atoms with Gasteiger partial charge in [0.25, 0.3) is 0 Å². The molecule has 0 amide bonds. The van der Waals surface area contributed by atoms with Gasteiger partial charge in [0, 0.05) is 36.3 Å². The van der Waals surface area contributed by atoms with E-state index < -0.39 is 0 Å². The third kappa shape index (κ3) is 4.70. The Morgan fingerprint density at radius 1 is 1.22 bits per heavy atom. The molecule has 1 aliphatic heterocycles. The molecule has 1 aliphatic rings. The number of aryl methyl sites for hydroxylation is 2. The summed E-state index contributed by atoms with van der Waals surface area (Å²) in [6.45, 7) is 6.85. The SMILES string of the molecule is Cc1cc(C)c2[nH]c(CNC[C@@H]3CCCN3)cc(=O)c2c1.Cl.Cl. The molecule has 3 N–H and O–H groups in total. The Labute approximate surface area is 149 Å². The predicted octanol–water partition coefficient (Wildman–Crippen LogP) is 2.83. The van der Waals surface area contributed by atoms with E-state index >= 15 is 0 Å². The lowest BCUT2D eigenvalue weighted by atomic mass is 10.1. The fourth-order valence-electron chi connectivity index (χ4n) is 3.17. The quantitative estimate of drug-likeness (QED) is 0.788. The largest absolute Gasteiger partial charge is 0.357 e. The van der Waals surface area contributed by atoms with E-state index in [1.165, 1.54) is 12.8 Å². The van der Waals surface area contributed by atoms with Crippen LogP contribution >= 0.6 is 24.8 Å². The average Bonchev–Trinajstić information content (AvgIpc) is 2.93. The highest BCUT2D eigenvalue weighted by Crippen LogP contribution is 2.16. The van der Waals surface area contributed by atoms with Gasteiger partial charge in [-0.15, -0.1) is 24.8 Å². The summed E-state index contributed by atoms with van der Waals surface area (Å²) < 4.78 is 0. The molecule has 3 rings (SSSR count). The van der Waals surface area contributed by atoms with Crippen molar-refractivity contribution in [2.24, 2.45) is 0 Å². The number of hydrogen-bond donors (Lipinski definition) is 3. The van der Waals surface area contributed by atoms with Gasteiger partial charge in [-0.1, -0.05) is 6.07 Å². The van der Waals surface area contributed by atoms with Crippen LogP contribution in [0.5, 0.6) is 0 Å². The van der Waals surface area contributed by atoms with Crippen LogP contribution in [-0.2, 0) is 6.54 Å². The summed E-state index contributed by atoms with van der Waals surface area (Å²) in [5.74, 6) is 0. The average molecular weight is 358 g/mol. The van der Waals surface area contributed by atoms with Crippen LogP contribution < -0.4 is 16.1 Å². The third-order valence-corrected chi connectivity index (χ3v) is 4.20. The Kier molecular flexibility index (Phi) is 7.55. The number of benzene rings is 1. The number of H-pyrrole nitrogens is 1. The molecule has 0 bridgehead atoms. The van der Waals surface area contributed by atoms with Crippen LogP contribution in [0.4, 0.5) is 0 Å². The van der Waals surface area contributed by atoms with Gasteiger partial charge in [-0.25, -0.2) is 0 Å². The minimum absolute atomic E-state index is 0. The molecular weight excluding hydrogens is 333 g/mol. The van der Waals surface area contributed by atoms with Crippen LogP contribution in [0.1, 0.15) is 29.7 Å². The normalized spacial score (nSPS) is 16.9. The highest BCUT2D eigenvalue weighted by atomic mass is 35.5. The lowest BCUT2D eigenvalue weighted by Gasteiger charge is -2.12. The van der Waals surface area contributed by atoms with Gasteiger partial charge < -0.3 is 15.6 Å². The van der Waals surface area contributed by atoms with Gasteiger partial charge in [0.1, 0.15) is 0 Å². The molecular formula is C17H25Cl2N3O. The minimum Gasteiger partial charge on any atom is -0.357 e. The lowest BCUT2D eigenvalue weighted by molar-refractivity contribution is 0.533. The standard InChI is InChI=1S/C17H23N3O.2ClH/c1-11-6-12(2)17-15(7-11)16(21)8-14(20-17)10-18-9-13-4-3-5-19-13;;/h6-8,13,18-19H,3-5,9-10H2,1-2H3,(H,20,21);2*1H/t13-;;/m0../s1. The molecule has 2 aromatic rings. The van der Waals surface area contributed by atoms with Crippen molar-refractivity contribution < 1.29 is 0 Å². The van der Waals surface area contributed by atoms with E-state index in [4.69, 9.17) is 0 Å². The van der Waals surface area contributed by atoms with Gasteiger partial charge in [-0.3, -0.25) is 4.79 Å². The second-order valence-electron chi connectivity index (χ2n) is 6.09. The second kappa shape index (κ2) is 8.69. The monoisotopic (exact) mass is 357 g/mol. The molecule has 23 heavy (non-hydrogen) atoms. The molecule has 0 unspecified atom stereocenters. The first-order valence-corrected chi connectivity index (χ1v) is 7.71. The first kappa shape index (κ1) is 20.0. The van der Waals surface area contributed by atoms with Crippen molar-refractivity contribution >= 4 is 35.7 Å². The van der Waals surface area contributed by atoms with E-state index in [9.17, 15) is 4.79 Å². The van der Waals surface area contributed by atoms with E-state index in [2.05, 4.69) is 21.7 Å². The Hall–Kier alpha value is -1.07. The van der Waals surface area contributed by atoms with E-state index in [0.717, 1.165) is 40.8 Å². The topological polar surface area (TPSA) is 56.9 Å². The summed E-state index contributed by atoms with van der Waals surface area (Å²) in [7, 11) is 0. The molecule has 4 nitrogen and oxygen atoms in total. The molecule has 1 aromatic heterocycles. The van der Waals surface area contributed by atoms with Gasteiger partial charge in [0.05, 0.1) is 5.52 Å². The summed E-state index contributed by atoms with van der Waals surface area (Å²) in [4.78, 5) is 15.7. The number of halogens is 2. The number of hydrogen-bond acceptors (Lipinski definition) is 3. The smallest absolute Gasteiger partial charge is 0.189 e. The summed E-state index contributed by atoms with van der Waals surface area (Å²) in [6.07, 6.45) is 2.50. The molecule has 0 saturated carbocycles. The van der Waals surface area contributed by atoms with E-state index in [-0.39, 0.29) is 30.2 Å². The predicted molar refractivity (Wildman–Crippen MR) is 101 cm³/mol. The zero-order valence-corrected chi connectivity index (χ0v) is 15.2. The molecule has 0 radical (unpaired) electrons. The number of aromatic nitrogens is 1. The van der Waals surface area contributed by atoms with Crippen LogP contribution in [-0.4, -0.2) is 24.1 Å². The highest BCUT2D eigenvalue weighted by Gasteiger charge is 2.13. The summed E-state index contributed by atoms with van der Waals surface area (Å²) in [5, 5.41) is 7.68. The molecule has 1 aromatic carbocycles. The van der Waals surface area contributed by atoms with E-state index in [1.807, 2.05) is 19.9 Å². The van der Waals surface area contributed by atoms with Crippen LogP contribution in [0, 0.1) is 13.8 Å². The van der Waals surface area contributed by atoms with Crippen molar-refractivity contribution in [2.45, 2.75) is 39.3 Å². The summed E-state index contributed by atoms with van der Waals surface area (Å²) >= 11 is 0. The molecule has 6 heteroatoms. The zero-order chi connectivity index (χ0) is 14.8. The summed E-state index contributed by atoms with van der Waals surface area (Å²) in [5.41, 5.74) is 4.28. The Morgan fingerprint density at radius 2 is 2.00 bits per heavy atom. The zero-order valence-electron chi connectivity index (χ0n) is 13.6. The van der Waals surface area contributed by atoms with Gasteiger partial charge in [0.15, 0.2) is 5.43 Å². The Balaban J connectivity index is 0.00000132. The minimum atomic E-state index is 0. The molecule has 1 atom stereocenters. The van der Waals surface area contributed by atoms with E-state index in [0.29, 0.717) is 12.6 Å². The third-order valence-electron chi connectivity index (χ3n) is 4.20. The number of fused-ring (bicyclic) bond motifs is 1. The first-order chi connectivity index (χ1) is 10.1. The molecule has 1 saturated heterocycles. The maximum absolute atomic E-state index is 12.3. The fraction of sp³-hybridized carbons (Fsp3) is 0.471. The van der Waals surface area contributed by atoms with Crippen LogP contribution in [0.3, 0.4) is 0 Å². The van der Waals surface area contributed by atoms with Crippen LogP contribution in [0.25, 0.3) is 10.9 Å². The van der Waals surface area contributed by atoms with Crippen molar-refractivity contribution in [3.05, 3.63) is 45.2 Å². The number of pyridine rings is 1. The number of nitrogens with one attached hydrogen (secondary N) is 3. The molecule has 128 valence electrons. The van der Waals surface area contributed by atoms with Gasteiger partial charge in [-0.05, 0) is 50.4 Å². The van der Waals surface area contributed by atoms with E-state index in [1.54, 1.807) is 6.07 Å². The maximum Gasteiger partial charge on any atom is 0.189 e.